The van der Waals surface area contributed by atoms with Gasteiger partial charge in [-0.2, -0.15) is 11.8 Å². The lowest BCUT2D eigenvalue weighted by molar-refractivity contribution is 0.0696. The number of rotatable bonds is 6. The zero-order valence-corrected chi connectivity index (χ0v) is 13.0. The molecule has 0 aromatic carbocycles. The summed E-state index contributed by atoms with van der Waals surface area (Å²) in [5.74, 6) is -0.0874. The summed E-state index contributed by atoms with van der Waals surface area (Å²) >= 11 is 1.76. The van der Waals surface area contributed by atoms with Crippen molar-refractivity contribution < 1.29 is 9.90 Å². The number of carbonyl (C=O) groups is 1. The number of aromatic nitrogens is 1. The average molecular weight is 282 g/mol. The molecular formula is C14H22N2O2S. The van der Waals surface area contributed by atoms with Crippen molar-refractivity contribution in [2.75, 3.05) is 18.1 Å². The fourth-order valence-corrected chi connectivity index (χ4v) is 1.65. The van der Waals surface area contributed by atoms with Crippen molar-refractivity contribution in [3.8, 4) is 0 Å². The Balaban J connectivity index is 2.97. The van der Waals surface area contributed by atoms with Crippen LogP contribution in [0.3, 0.4) is 0 Å². The summed E-state index contributed by atoms with van der Waals surface area (Å²) in [4.78, 5) is 15.6. The highest BCUT2D eigenvalue weighted by molar-refractivity contribution is 7.99. The Morgan fingerprint density at radius 3 is 2.58 bits per heavy atom. The molecule has 0 aliphatic rings. The molecule has 4 nitrogen and oxygen atoms in total. The summed E-state index contributed by atoms with van der Waals surface area (Å²) in [6.07, 6.45) is 2.06. The highest BCUT2D eigenvalue weighted by atomic mass is 32.2. The number of anilines is 1. The largest absolute Gasteiger partial charge is 0.478 e. The number of nitrogens with one attached hydrogen (secondary N) is 1. The Labute approximate surface area is 119 Å². The van der Waals surface area contributed by atoms with Gasteiger partial charge in [0.15, 0.2) is 0 Å². The lowest BCUT2D eigenvalue weighted by Crippen LogP contribution is -2.26. The van der Waals surface area contributed by atoms with Gasteiger partial charge in [0.2, 0.25) is 0 Å². The minimum absolute atomic E-state index is 0.0822. The van der Waals surface area contributed by atoms with Crippen LogP contribution in [0.1, 0.15) is 49.7 Å². The standard InChI is InChI=1S/C14H22N2O2S/c1-9(2)11-6-10(13(17)18)7-12(16-11)15-8-14(3,4)19-5/h6-7,9H,8H2,1-5H3,(H,15,16)(H,17,18). The second-order valence-corrected chi connectivity index (χ2v) is 6.96. The molecule has 0 fully saturated rings. The monoisotopic (exact) mass is 282 g/mol. The Hall–Kier alpha value is -1.23. The van der Waals surface area contributed by atoms with Gasteiger partial charge in [0, 0.05) is 17.0 Å². The van der Waals surface area contributed by atoms with Gasteiger partial charge in [0.1, 0.15) is 5.82 Å². The Morgan fingerprint density at radius 2 is 2.11 bits per heavy atom. The summed E-state index contributed by atoms with van der Waals surface area (Å²) in [5.41, 5.74) is 1.08. The minimum atomic E-state index is -0.920. The van der Waals surface area contributed by atoms with Crippen molar-refractivity contribution in [3.63, 3.8) is 0 Å². The predicted molar refractivity (Wildman–Crippen MR) is 81.4 cm³/mol. The average Bonchev–Trinajstić information content (AvgIpc) is 2.36. The molecule has 1 aromatic heterocycles. The summed E-state index contributed by atoms with van der Waals surface area (Å²) in [6, 6.07) is 3.22. The lowest BCUT2D eigenvalue weighted by atomic mass is 10.1. The topological polar surface area (TPSA) is 62.2 Å². The third-order valence-corrected chi connectivity index (χ3v) is 4.18. The molecule has 106 valence electrons. The number of hydrogen-bond donors (Lipinski definition) is 2. The lowest BCUT2D eigenvalue weighted by Gasteiger charge is -2.23. The van der Waals surface area contributed by atoms with Crippen LogP contribution in [0.25, 0.3) is 0 Å². The van der Waals surface area contributed by atoms with Crippen LogP contribution in [-0.2, 0) is 0 Å². The van der Waals surface area contributed by atoms with Gasteiger partial charge < -0.3 is 10.4 Å². The second kappa shape index (κ2) is 6.28. The van der Waals surface area contributed by atoms with Gasteiger partial charge in [-0.05, 0) is 38.2 Å². The van der Waals surface area contributed by atoms with E-state index in [2.05, 4.69) is 30.4 Å². The van der Waals surface area contributed by atoms with Gasteiger partial charge in [-0.1, -0.05) is 13.8 Å². The molecule has 1 rings (SSSR count). The van der Waals surface area contributed by atoms with Crippen LogP contribution in [-0.4, -0.2) is 33.6 Å². The molecule has 0 unspecified atom stereocenters. The molecule has 0 spiro atoms. The molecule has 0 saturated carbocycles. The first kappa shape index (κ1) is 15.8. The van der Waals surface area contributed by atoms with Crippen LogP contribution in [0.4, 0.5) is 5.82 Å². The predicted octanol–water partition coefficient (Wildman–Crippen LogP) is 3.46. The van der Waals surface area contributed by atoms with Crippen LogP contribution in [0, 0.1) is 0 Å². The number of aromatic carboxylic acids is 1. The van der Waals surface area contributed by atoms with Crippen LogP contribution < -0.4 is 5.32 Å². The first-order valence-corrected chi connectivity index (χ1v) is 7.52. The third-order valence-electron chi connectivity index (χ3n) is 2.93. The molecule has 0 aliphatic heterocycles. The highest BCUT2D eigenvalue weighted by Crippen LogP contribution is 2.23. The van der Waals surface area contributed by atoms with E-state index in [4.69, 9.17) is 5.11 Å². The van der Waals surface area contributed by atoms with E-state index in [0.29, 0.717) is 5.82 Å². The quantitative estimate of drug-likeness (QED) is 0.836. The third kappa shape index (κ3) is 4.74. The summed E-state index contributed by atoms with van der Waals surface area (Å²) in [7, 11) is 0. The molecule has 5 heteroatoms. The molecule has 0 aliphatic carbocycles. The molecule has 0 radical (unpaired) electrons. The molecule has 2 N–H and O–H groups in total. The maximum absolute atomic E-state index is 11.1. The normalized spacial score (nSPS) is 11.7. The van der Waals surface area contributed by atoms with E-state index in [1.165, 1.54) is 0 Å². The minimum Gasteiger partial charge on any atom is -0.478 e. The zero-order chi connectivity index (χ0) is 14.6. The molecule has 0 amide bonds. The number of nitrogens with zero attached hydrogens (tertiary/aromatic N) is 1. The number of thioether (sulfide) groups is 1. The molecule has 19 heavy (non-hydrogen) atoms. The Bertz CT molecular complexity index is 459. The summed E-state index contributed by atoms with van der Waals surface area (Å²) in [5, 5.41) is 12.4. The molecule has 0 saturated heterocycles. The van der Waals surface area contributed by atoms with Crippen molar-refractivity contribution in [2.24, 2.45) is 0 Å². The van der Waals surface area contributed by atoms with E-state index in [1.807, 2.05) is 13.8 Å². The van der Waals surface area contributed by atoms with Crippen molar-refractivity contribution in [1.29, 1.82) is 0 Å². The van der Waals surface area contributed by atoms with Gasteiger partial charge in [-0.3, -0.25) is 0 Å². The van der Waals surface area contributed by atoms with Gasteiger partial charge in [0.25, 0.3) is 0 Å². The zero-order valence-electron chi connectivity index (χ0n) is 12.2. The Kier molecular flexibility index (Phi) is 5.23. The van der Waals surface area contributed by atoms with Crippen LogP contribution in [0.5, 0.6) is 0 Å². The number of carboxylic acid groups (broad SMARTS) is 1. The number of pyridine rings is 1. The van der Waals surface area contributed by atoms with E-state index in [9.17, 15) is 4.79 Å². The molecule has 0 atom stereocenters. The first-order valence-electron chi connectivity index (χ1n) is 6.29. The number of hydrogen-bond acceptors (Lipinski definition) is 4. The van der Waals surface area contributed by atoms with E-state index in [-0.39, 0.29) is 16.2 Å². The van der Waals surface area contributed by atoms with Crippen LogP contribution >= 0.6 is 11.8 Å². The maximum Gasteiger partial charge on any atom is 0.335 e. The van der Waals surface area contributed by atoms with Crippen molar-refractivity contribution in [3.05, 3.63) is 23.4 Å². The van der Waals surface area contributed by atoms with Crippen molar-refractivity contribution in [2.45, 2.75) is 38.4 Å². The maximum atomic E-state index is 11.1. The van der Waals surface area contributed by atoms with Gasteiger partial charge in [-0.25, -0.2) is 9.78 Å². The second-order valence-electron chi connectivity index (χ2n) is 5.44. The molecule has 1 aromatic rings. The fourth-order valence-electron chi connectivity index (χ4n) is 1.44. The highest BCUT2D eigenvalue weighted by Gasteiger charge is 2.17. The SMILES string of the molecule is CSC(C)(C)CNc1cc(C(=O)O)cc(C(C)C)n1. The first-order chi connectivity index (χ1) is 8.75. The van der Waals surface area contributed by atoms with E-state index >= 15 is 0 Å². The summed E-state index contributed by atoms with van der Waals surface area (Å²) in [6.45, 7) is 9.01. The van der Waals surface area contributed by atoms with Gasteiger partial charge >= 0.3 is 5.97 Å². The Morgan fingerprint density at radius 1 is 1.47 bits per heavy atom. The van der Waals surface area contributed by atoms with E-state index in [1.54, 1.807) is 23.9 Å². The van der Waals surface area contributed by atoms with E-state index in [0.717, 1.165) is 12.2 Å². The van der Waals surface area contributed by atoms with Crippen molar-refractivity contribution in [1.82, 2.24) is 4.98 Å². The van der Waals surface area contributed by atoms with Gasteiger partial charge in [0.05, 0.1) is 5.56 Å². The fraction of sp³-hybridized carbons (Fsp3) is 0.571. The molecule has 0 bridgehead atoms. The van der Waals surface area contributed by atoms with Crippen molar-refractivity contribution >= 4 is 23.5 Å². The molecular weight excluding hydrogens is 260 g/mol. The van der Waals surface area contributed by atoms with Crippen LogP contribution in [0.2, 0.25) is 0 Å². The molecule has 1 heterocycles. The van der Waals surface area contributed by atoms with E-state index < -0.39 is 5.97 Å². The number of carboxylic acids is 1. The smallest absolute Gasteiger partial charge is 0.335 e. The van der Waals surface area contributed by atoms with Crippen LogP contribution in [0.15, 0.2) is 12.1 Å². The summed E-state index contributed by atoms with van der Waals surface area (Å²) < 4.78 is 0.0822. The van der Waals surface area contributed by atoms with Gasteiger partial charge in [-0.15, -0.1) is 0 Å².